The van der Waals surface area contributed by atoms with Crippen LogP contribution in [0.2, 0.25) is 9.36 Å². The van der Waals surface area contributed by atoms with Crippen molar-refractivity contribution in [3.63, 3.8) is 0 Å². The minimum atomic E-state index is -0.304. The SMILES string of the molecule is O=C1OCC(c2ccc(Cl)s2)=C1c1ccc(Cl)cc1. The van der Waals surface area contributed by atoms with Crippen molar-refractivity contribution in [3.8, 4) is 0 Å². The molecular formula is C14H8Cl2O2S. The first kappa shape index (κ1) is 12.7. The molecule has 0 radical (unpaired) electrons. The van der Waals surface area contributed by atoms with Crippen molar-refractivity contribution in [2.24, 2.45) is 0 Å². The minimum Gasteiger partial charge on any atom is -0.457 e. The molecule has 0 spiro atoms. The molecule has 1 aliphatic rings. The molecule has 0 bridgehead atoms. The predicted octanol–water partition coefficient (Wildman–Crippen LogP) is 4.52. The summed E-state index contributed by atoms with van der Waals surface area (Å²) in [5.74, 6) is -0.304. The van der Waals surface area contributed by atoms with Gasteiger partial charge in [0.1, 0.15) is 6.61 Å². The summed E-state index contributed by atoms with van der Waals surface area (Å²) in [5, 5.41) is 0.636. The standard InChI is InChI=1S/C14H8Cl2O2S/c15-9-3-1-8(2-4-9)13-10(7-18-14(13)17)11-5-6-12(16)19-11/h1-6H,7H2. The van der Waals surface area contributed by atoms with E-state index in [0.717, 1.165) is 16.0 Å². The van der Waals surface area contributed by atoms with E-state index < -0.39 is 0 Å². The fourth-order valence-corrected chi connectivity index (χ4v) is 3.19. The van der Waals surface area contributed by atoms with Crippen molar-refractivity contribution < 1.29 is 9.53 Å². The van der Waals surface area contributed by atoms with Crippen LogP contribution in [0.3, 0.4) is 0 Å². The van der Waals surface area contributed by atoms with E-state index in [1.165, 1.54) is 11.3 Å². The largest absolute Gasteiger partial charge is 0.457 e. The van der Waals surface area contributed by atoms with Crippen molar-refractivity contribution in [2.45, 2.75) is 0 Å². The van der Waals surface area contributed by atoms with Gasteiger partial charge >= 0.3 is 5.97 Å². The Morgan fingerprint density at radius 2 is 1.79 bits per heavy atom. The molecule has 0 atom stereocenters. The lowest BCUT2D eigenvalue weighted by atomic mass is 10.0. The first-order valence-corrected chi connectivity index (χ1v) is 7.14. The lowest BCUT2D eigenvalue weighted by Crippen LogP contribution is -1.98. The molecule has 19 heavy (non-hydrogen) atoms. The van der Waals surface area contributed by atoms with E-state index in [2.05, 4.69) is 0 Å². The zero-order chi connectivity index (χ0) is 13.4. The van der Waals surface area contributed by atoms with Gasteiger partial charge in [0.25, 0.3) is 0 Å². The molecule has 0 saturated carbocycles. The van der Waals surface area contributed by atoms with E-state index in [1.807, 2.05) is 24.3 Å². The van der Waals surface area contributed by atoms with Gasteiger partial charge in [-0.2, -0.15) is 0 Å². The van der Waals surface area contributed by atoms with Gasteiger partial charge in [-0.3, -0.25) is 0 Å². The number of cyclic esters (lactones) is 1. The third kappa shape index (κ3) is 2.41. The Bertz CT molecular complexity index is 671. The zero-order valence-electron chi connectivity index (χ0n) is 9.65. The number of rotatable bonds is 2. The third-order valence-electron chi connectivity index (χ3n) is 2.86. The van der Waals surface area contributed by atoms with Crippen LogP contribution in [-0.4, -0.2) is 12.6 Å². The zero-order valence-corrected chi connectivity index (χ0v) is 12.0. The fraction of sp³-hybridized carbons (Fsp3) is 0.0714. The monoisotopic (exact) mass is 310 g/mol. The summed E-state index contributed by atoms with van der Waals surface area (Å²) in [5.41, 5.74) is 2.28. The van der Waals surface area contributed by atoms with Crippen LogP contribution in [0.15, 0.2) is 36.4 Å². The van der Waals surface area contributed by atoms with Gasteiger partial charge in [0.15, 0.2) is 0 Å². The van der Waals surface area contributed by atoms with Crippen molar-refractivity contribution in [1.82, 2.24) is 0 Å². The number of hydrogen-bond acceptors (Lipinski definition) is 3. The molecule has 0 aliphatic carbocycles. The van der Waals surface area contributed by atoms with Gasteiger partial charge in [0, 0.05) is 15.5 Å². The van der Waals surface area contributed by atoms with E-state index in [0.29, 0.717) is 14.9 Å². The number of carbonyl (C=O) groups is 1. The van der Waals surface area contributed by atoms with Gasteiger partial charge in [-0.15, -0.1) is 11.3 Å². The van der Waals surface area contributed by atoms with Crippen LogP contribution < -0.4 is 0 Å². The molecule has 5 heteroatoms. The average Bonchev–Trinajstić information content (AvgIpc) is 2.97. The van der Waals surface area contributed by atoms with Crippen molar-refractivity contribution >= 4 is 51.7 Å². The average molecular weight is 311 g/mol. The van der Waals surface area contributed by atoms with Gasteiger partial charge in [0.2, 0.25) is 0 Å². The van der Waals surface area contributed by atoms with Gasteiger partial charge in [0.05, 0.1) is 9.91 Å². The Morgan fingerprint density at radius 1 is 1.05 bits per heavy atom. The molecule has 1 aromatic heterocycles. The maximum absolute atomic E-state index is 11.9. The van der Waals surface area contributed by atoms with Crippen LogP contribution in [0.4, 0.5) is 0 Å². The van der Waals surface area contributed by atoms with Crippen LogP contribution >= 0.6 is 34.5 Å². The van der Waals surface area contributed by atoms with Gasteiger partial charge in [-0.1, -0.05) is 35.3 Å². The second kappa shape index (κ2) is 5.00. The van der Waals surface area contributed by atoms with Gasteiger partial charge in [-0.05, 0) is 29.8 Å². The molecule has 1 aliphatic heterocycles. The normalized spacial score (nSPS) is 14.9. The highest BCUT2D eigenvalue weighted by molar-refractivity contribution is 7.17. The summed E-state index contributed by atoms with van der Waals surface area (Å²) in [4.78, 5) is 12.9. The molecule has 2 aromatic rings. The van der Waals surface area contributed by atoms with Crippen LogP contribution in [0.5, 0.6) is 0 Å². The molecule has 96 valence electrons. The maximum Gasteiger partial charge on any atom is 0.339 e. The highest BCUT2D eigenvalue weighted by Crippen LogP contribution is 2.37. The molecule has 0 saturated heterocycles. The highest BCUT2D eigenvalue weighted by Gasteiger charge is 2.27. The van der Waals surface area contributed by atoms with E-state index >= 15 is 0 Å². The molecule has 1 aromatic carbocycles. The van der Waals surface area contributed by atoms with Crippen molar-refractivity contribution in [1.29, 1.82) is 0 Å². The number of hydrogen-bond donors (Lipinski definition) is 0. The van der Waals surface area contributed by atoms with Gasteiger partial charge in [-0.25, -0.2) is 4.79 Å². The number of halogens is 2. The number of carbonyl (C=O) groups excluding carboxylic acids is 1. The Labute approximate surface area is 124 Å². The summed E-state index contributed by atoms with van der Waals surface area (Å²) in [6.07, 6.45) is 0. The summed E-state index contributed by atoms with van der Waals surface area (Å²) < 4.78 is 5.84. The van der Waals surface area contributed by atoms with E-state index in [4.69, 9.17) is 27.9 Å². The molecule has 0 N–H and O–H groups in total. The van der Waals surface area contributed by atoms with E-state index in [1.54, 1.807) is 12.1 Å². The molecular weight excluding hydrogens is 303 g/mol. The van der Waals surface area contributed by atoms with E-state index in [-0.39, 0.29) is 12.6 Å². The molecule has 2 nitrogen and oxygen atoms in total. The summed E-state index contributed by atoms with van der Waals surface area (Å²) in [6, 6.07) is 10.9. The molecule has 3 rings (SSSR count). The number of thiophene rings is 1. The second-order valence-electron chi connectivity index (χ2n) is 4.04. The van der Waals surface area contributed by atoms with Crippen LogP contribution in [0.25, 0.3) is 11.1 Å². The summed E-state index contributed by atoms with van der Waals surface area (Å²) in [7, 11) is 0. The molecule has 0 fully saturated rings. The van der Waals surface area contributed by atoms with Crippen LogP contribution in [-0.2, 0) is 9.53 Å². The first-order valence-electron chi connectivity index (χ1n) is 5.57. The van der Waals surface area contributed by atoms with E-state index in [9.17, 15) is 4.79 Å². The highest BCUT2D eigenvalue weighted by atomic mass is 35.5. The third-order valence-corrected chi connectivity index (χ3v) is 4.40. The Kier molecular flexibility index (Phi) is 3.35. The van der Waals surface area contributed by atoms with Gasteiger partial charge < -0.3 is 4.74 Å². The Balaban J connectivity index is 2.13. The van der Waals surface area contributed by atoms with Crippen molar-refractivity contribution in [3.05, 3.63) is 56.2 Å². The Hall–Kier alpha value is -1.29. The number of esters is 1. The van der Waals surface area contributed by atoms with Crippen LogP contribution in [0, 0.1) is 0 Å². The lowest BCUT2D eigenvalue weighted by molar-refractivity contribution is -0.133. The lowest BCUT2D eigenvalue weighted by Gasteiger charge is -2.02. The summed E-state index contributed by atoms with van der Waals surface area (Å²) >= 11 is 13.2. The minimum absolute atomic E-state index is 0.285. The smallest absolute Gasteiger partial charge is 0.339 e. The second-order valence-corrected chi connectivity index (χ2v) is 6.19. The predicted molar refractivity (Wildman–Crippen MR) is 78.6 cm³/mol. The quantitative estimate of drug-likeness (QED) is 0.762. The molecule has 0 unspecified atom stereocenters. The summed E-state index contributed by atoms with van der Waals surface area (Å²) in [6.45, 7) is 0.285. The van der Waals surface area contributed by atoms with Crippen molar-refractivity contribution in [2.75, 3.05) is 6.61 Å². The topological polar surface area (TPSA) is 26.3 Å². The number of benzene rings is 1. The Morgan fingerprint density at radius 3 is 2.42 bits per heavy atom. The fourth-order valence-electron chi connectivity index (χ4n) is 1.98. The molecule has 0 amide bonds. The number of ether oxygens (including phenoxy) is 1. The van der Waals surface area contributed by atoms with Crippen LogP contribution in [0.1, 0.15) is 10.4 Å². The first-order chi connectivity index (χ1) is 9.15. The maximum atomic E-state index is 11.9. The molecule has 2 heterocycles.